The number of ether oxygens (including phenoxy) is 3. The van der Waals surface area contributed by atoms with Crippen LogP contribution in [0.5, 0.6) is 0 Å². The molecule has 0 spiro atoms. The van der Waals surface area contributed by atoms with Crippen LogP contribution in [0.1, 0.15) is 323 Å². The van der Waals surface area contributed by atoms with Crippen molar-refractivity contribution in [2.45, 2.75) is 329 Å². The van der Waals surface area contributed by atoms with E-state index in [0.29, 0.717) is 19.3 Å². The van der Waals surface area contributed by atoms with Crippen LogP contribution >= 0.6 is 0 Å². The molecule has 0 aliphatic rings. The summed E-state index contributed by atoms with van der Waals surface area (Å²) < 4.78 is 17.0. The summed E-state index contributed by atoms with van der Waals surface area (Å²) in [6.45, 7) is 6.45. The van der Waals surface area contributed by atoms with E-state index in [1.807, 2.05) is 0 Å². The van der Waals surface area contributed by atoms with E-state index in [2.05, 4.69) is 106 Å². The zero-order valence-electron chi connectivity index (χ0n) is 50.3. The minimum atomic E-state index is -0.785. The summed E-state index contributed by atoms with van der Waals surface area (Å²) in [5.41, 5.74) is 0. The highest BCUT2D eigenvalue weighted by Gasteiger charge is 2.19. The van der Waals surface area contributed by atoms with Crippen molar-refractivity contribution in [1.82, 2.24) is 0 Å². The highest BCUT2D eigenvalue weighted by atomic mass is 16.6. The molecule has 0 heterocycles. The molecule has 0 bridgehead atoms. The molecule has 438 valence electrons. The molecule has 0 rings (SSSR count). The molecule has 1 unspecified atom stereocenters. The number of carbonyl (C=O) groups is 3. The lowest BCUT2D eigenvalue weighted by Gasteiger charge is -2.18. The van der Waals surface area contributed by atoms with Gasteiger partial charge in [-0.15, -0.1) is 0 Å². The van der Waals surface area contributed by atoms with Gasteiger partial charge in [0.2, 0.25) is 0 Å². The molecular weight excluding hydrogens is 937 g/mol. The summed E-state index contributed by atoms with van der Waals surface area (Å²) in [7, 11) is 0. The average molecular weight is 1060 g/mol. The van der Waals surface area contributed by atoms with Crippen molar-refractivity contribution in [3.8, 4) is 0 Å². The molecule has 0 aromatic rings. The molecule has 0 saturated carbocycles. The Hall–Kier alpha value is -3.41. The van der Waals surface area contributed by atoms with Gasteiger partial charge in [-0.1, -0.05) is 298 Å². The van der Waals surface area contributed by atoms with E-state index in [1.54, 1.807) is 0 Å². The lowest BCUT2D eigenvalue weighted by molar-refractivity contribution is -0.167. The first kappa shape index (κ1) is 72.6. The number of esters is 3. The van der Waals surface area contributed by atoms with Gasteiger partial charge in [0.15, 0.2) is 6.10 Å². The zero-order chi connectivity index (χ0) is 55.0. The van der Waals surface area contributed by atoms with E-state index in [-0.39, 0.29) is 31.1 Å². The molecule has 76 heavy (non-hydrogen) atoms. The summed E-state index contributed by atoms with van der Waals surface area (Å²) in [4.78, 5) is 38.4. The number of hydrogen-bond donors (Lipinski definition) is 0. The Morgan fingerprint density at radius 2 is 0.513 bits per heavy atom. The van der Waals surface area contributed by atoms with E-state index in [0.717, 1.165) is 116 Å². The van der Waals surface area contributed by atoms with E-state index >= 15 is 0 Å². The molecule has 0 saturated heterocycles. The summed E-state index contributed by atoms with van der Waals surface area (Å²) in [6, 6.07) is 0. The lowest BCUT2D eigenvalue weighted by Crippen LogP contribution is -2.30. The van der Waals surface area contributed by atoms with Crippen molar-refractivity contribution in [1.29, 1.82) is 0 Å². The predicted octanol–water partition coefficient (Wildman–Crippen LogP) is 22.3. The van der Waals surface area contributed by atoms with Gasteiger partial charge in [-0.25, -0.2) is 0 Å². The minimum Gasteiger partial charge on any atom is -0.462 e. The van der Waals surface area contributed by atoms with Crippen LogP contribution in [-0.4, -0.2) is 37.2 Å². The van der Waals surface area contributed by atoms with Crippen LogP contribution in [0.15, 0.2) is 85.1 Å². The second-order valence-electron chi connectivity index (χ2n) is 21.6. The SMILES string of the molecule is CC/C=C\C/C=C\C/C=C\C/C=C\CCCCCCCCCCC(=O)OCC(COC(=O)CCCCCCCCC/C=C\C/C=C\C/C=C\CC)OC(=O)CCCCCCCCCCCCCCCCCCCCCC. The van der Waals surface area contributed by atoms with Crippen molar-refractivity contribution in [2.75, 3.05) is 13.2 Å². The fourth-order valence-corrected chi connectivity index (χ4v) is 9.33. The molecule has 0 fully saturated rings. The number of allylic oxidation sites excluding steroid dienone is 14. The average Bonchev–Trinajstić information content (AvgIpc) is 3.42. The molecule has 1 atom stereocenters. The molecule has 0 aliphatic carbocycles. The van der Waals surface area contributed by atoms with Crippen molar-refractivity contribution >= 4 is 17.9 Å². The summed E-state index contributed by atoms with van der Waals surface area (Å²) >= 11 is 0. The minimum absolute atomic E-state index is 0.0815. The van der Waals surface area contributed by atoms with Crippen LogP contribution in [0.4, 0.5) is 0 Å². The molecule has 6 nitrogen and oxygen atoms in total. The van der Waals surface area contributed by atoms with Gasteiger partial charge >= 0.3 is 17.9 Å². The number of rotatable bonds is 59. The quantitative estimate of drug-likeness (QED) is 0.0261. The topological polar surface area (TPSA) is 78.9 Å². The van der Waals surface area contributed by atoms with Gasteiger partial charge in [-0.2, -0.15) is 0 Å². The molecule has 6 heteroatoms. The van der Waals surface area contributed by atoms with Gasteiger partial charge in [0, 0.05) is 19.3 Å². The number of carbonyl (C=O) groups excluding carboxylic acids is 3. The summed E-state index contributed by atoms with van der Waals surface area (Å²) in [5.74, 6) is -0.882. The van der Waals surface area contributed by atoms with Gasteiger partial charge in [-0.3, -0.25) is 14.4 Å². The first-order valence-corrected chi connectivity index (χ1v) is 32.6. The fraction of sp³-hybridized carbons (Fsp3) is 0.757. The van der Waals surface area contributed by atoms with Gasteiger partial charge < -0.3 is 14.2 Å². The Bertz CT molecular complexity index is 1450. The van der Waals surface area contributed by atoms with Crippen LogP contribution in [0.3, 0.4) is 0 Å². The van der Waals surface area contributed by atoms with Gasteiger partial charge in [0.1, 0.15) is 13.2 Å². The molecule has 0 aromatic heterocycles. The monoisotopic (exact) mass is 1060 g/mol. The van der Waals surface area contributed by atoms with Crippen LogP contribution < -0.4 is 0 Å². The maximum atomic E-state index is 12.9. The standard InChI is InChI=1S/C70H122O6/c1-4-7-10-13-16-19-22-25-28-31-33-35-37-39-42-45-48-51-54-57-60-63-69(72)75-66-67(65-74-68(71)62-59-56-53-50-47-44-41-38-30-27-24-21-18-15-12-9-6-3)76-70(73)64-61-58-55-52-49-46-43-40-36-34-32-29-26-23-20-17-14-11-8-5-2/h7,9-10,12,16,18-19,21,25,27-28,30,33,35,67H,4-6,8,11,13-15,17,20,22-24,26,29,31-32,34,36-66H2,1-3H3/b10-7-,12-9-,19-16-,21-18-,28-25-,30-27-,35-33-. The van der Waals surface area contributed by atoms with Gasteiger partial charge in [-0.05, 0) is 89.9 Å². The van der Waals surface area contributed by atoms with Crippen LogP contribution in [0.2, 0.25) is 0 Å². The van der Waals surface area contributed by atoms with Gasteiger partial charge in [0.05, 0.1) is 0 Å². The predicted molar refractivity (Wildman–Crippen MR) is 330 cm³/mol. The maximum Gasteiger partial charge on any atom is 0.306 e. The van der Waals surface area contributed by atoms with Crippen LogP contribution in [0.25, 0.3) is 0 Å². The third-order valence-corrected chi connectivity index (χ3v) is 14.1. The van der Waals surface area contributed by atoms with Gasteiger partial charge in [0.25, 0.3) is 0 Å². The second kappa shape index (κ2) is 64.1. The van der Waals surface area contributed by atoms with Crippen LogP contribution in [0, 0.1) is 0 Å². The number of hydrogen-bond acceptors (Lipinski definition) is 6. The first-order valence-electron chi connectivity index (χ1n) is 32.6. The Labute approximate surface area is 471 Å². The van der Waals surface area contributed by atoms with E-state index in [9.17, 15) is 14.4 Å². The van der Waals surface area contributed by atoms with E-state index in [4.69, 9.17) is 14.2 Å². The highest BCUT2D eigenvalue weighted by molar-refractivity contribution is 5.71. The summed E-state index contributed by atoms with van der Waals surface area (Å²) in [5, 5.41) is 0. The normalized spacial score (nSPS) is 12.6. The molecule has 0 amide bonds. The Balaban J connectivity index is 4.38. The molecule has 0 N–H and O–H groups in total. The van der Waals surface area contributed by atoms with Crippen LogP contribution in [-0.2, 0) is 28.6 Å². The Kier molecular flexibility index (Phi) is 61.2. The summed E-state index contributed by atoms with van der Waals surface area (Å²) in [6.07, 6.45) is 84.4. The van der Waals surface area contributed by atoms with Crippen molar-refractivity contribution in [2.24, 2.45) is 0 Å². The molecule has 0 aromatic carbocycles. The molecular formula is C70H122O6. The Morgan fingerprint density at radius 3 is 0.803 bits per heavy atom. The number of unbranched alkanes of at least 4 members (excludes halogenated alkanes) is 34. The molecule has 0 aliphatic heterocycles. The smallest absolute Gasteiger partial charge is 0.306 e. The second-order valence-corrected chi connectivity index (χ2v) is 21.6. The first-order chi connectivity index (χ1) is 37.5. The highest BCUT2D eigenvalue weighted by Crippen LogP contribution is 2.17. The third-order valence-electron chi connectivity index (χ3n) is 14.1. The van der Waals surface area contributed by atoms with E-state index < -0.39 is 6.10 Å². The van der Waals surface area contributed by atoms with Crippen molar-refractivity contribution < 1.29 is 28.6 Å². The Morgan fingerprint density at radius 1 is 0.276 bits per heavy atom. The largest absolute Gasteiger partial charge is 0.462 e. The maximum absolute atomic E-state index is 12.9. The lowest BCUT2D eigenvalue weighted by atomic mass is 10.0. The zero-order valence-corrected chi connectivity index (χ0v) is 50.3. The van der Waals surface area contributed by atoms with Crippen molar-refractivity contribution in [3.05, 3.63) is 85.1 Å². The molecule has 0 radical (unpaired) electrons. The van der Waals surface area contributed by atoms with E-state index in [1.165, 1.54) is 167 Å². The van der Waals surface area contributed by atoms with Crippen molar-refractivity contribution in [3.63, 3.8) is 0 Å². The fourth-order valence-electron chi connectivity index (χ4n) is 9.33. The third kappa shape index (κ3) is 61.4.